The number of hydrogen-bond acceptors (Lipinski definition) is 12. The first kappa shape index (κ1) is 41.4. The van der Waals surface area contributed by atoms with Crippen molar-refractivity contribution in [1.29, 1.82) is 0 Å². The number of methoxy groups -OCH3 is 2. The first-order valence-electron chi connectivity index (χ1n) is 16.5. The van der Waals surface area contributed by atoms with Crippen molar-refractivity contribution in [3.05, 3.63) is 83.4 Å². The highest BCUT2D eigenvalue weighted by molar-refractivity contribution is 7.90. The van der Waals surface area contributed by atoms with E-state index in [-0.39, 0.29) is 41.8 Å². The van der Waals surface area contributed by atoms with Crippen LogP contribution in [0.3, 0.4) is 0 Å². The largest absolute Gasteiger partial charge is 0.493 e. The number of thiol groups is 1. The Morgan fingerprint density at radius 3 is 2.45 bits per heavy atom. The number of hydrogen-bond donors (Lipinski definition) is 6. The van der Waals surface area contributed by atoms with Crippen molar-refractivity contribution < 1.29 is 46.8 Å². The lowest BCUT2D eigenvalue weighted by molar-refractivity contribution is -0.123. The van der Waals surface area contributed by atoms with E-state index in [1.54, 1.807) is 20.3 Å². The van der Waals surface area contributed by atoms with Gasteiger partial charge in [-0.25, -0.2) is 13.1 Å². The Bertz CT molecular complexity index is 1870. The number of nitrogens with one attached hydrogen (secondary N) is 4. The van der Waals surface area contributed by atoms with Crippen molar-refractivity contribution in [2.75, 3.05) is 45.0 Å². The number of carbonyl (C=O) groups excluding carboxylic acids is 4. The molecule has 19 heteroatoms. The van der Waals surface area contributed by atoms with Crippen LogP contribution in [-0.2, 0) is 32.5 Å². The fourth-order valence-electron chi connectivity index (χ4n) is 5.52. The molecule has 0 bridgehead atoms. The molecule has 4 amide bonds. The molecule has 5 N–H and O–H groups in total. The SMILES string of the molecule is COc1ccc(CCCc2cccc(OCC(=O)NCCS(=O)(=O)NC(=O)c3cccc(NC(=O)[C@@H]4C[C@H](S)CN4C(=O)PN[B]O)c3)c2)cc1OC. The zero-order valence-electron chi connectivity index (χ0n) is 29.2. The number of nitrogens with zero attached hydrogens (tertiary/aromatic N) is 1. The molecule has 3 aromatic rings. The van der Waals surface area contributed by atoms with Crippen LogP contribution in [0.5, 0.6) is 17.2 Å². The number of anilines is 1. The van der Waals surface area contributed by atoms with Crippen molar-refractivity contribution in [2.45, 2.75) is 37.0 Å². The number of benzene rings is 3. The third-order valence-electron chi connectivity index (χ3n) is 8.07. The van der Waals surface area contributed by atoms with Gasteiger partial charge >= 0.3 is 7.62 Å². The molecule has 3 aromatic carbocycles. The van der Waals surface area contributed by atoms with Gasteiger partial charge in [0.2, 0.25) is 15.9 Å². The second-order valence-corrected chi connectivity index (χ2v) is 15.4. The van der Waals surface area contributed by atoms with Crippen molar-refractivity contribution in [1.82, 2.24) is 19.9 Å². The second kappa shape index (κ2) is 20.2. The summed E-state index contributed by atoms with van der Waals surface area (Å²) < 4.78 is 43.5. The van der Waals surface area contributed by atoms with Crippen LogP contribution < -0.4 is 34.6 Å². The van der Waals surface area contributed by atoms with E-state index in [0.29, 0.717) is 31.3 Å². The lowest BCUT2D eigenvalue weighted by Gasteiger charge is -2.23. The third-order valence-corrected chi connectivity index (χ3v) is 10.5. The number of carbonyl (C=O) groups is 4. The maximum Gasteiger partial charge on any atom is 0.397 e. The molecule has 1 aliphatic heterocycles. The molecule has 0 aliphatic carbocycles. The number of ether oxygens (including phenoxy) is 3. The Balaban J connectivity index is 1.19. The van der Waals surface area contributed by atoms with Crippen LogP contribution in [0, 0.1) is 0 Å². The van der Waals surface area contributed by atoms with E-state index in [2.05, 4.69) is 28.3 Å². The lowest BCUT2D eigenvalue weighted by Crippen LogP contribution is -2.42. The monoisotopic (exact) mass is 786 g/mol. The summed E-state index contributed by atoms with van der Waals surface area (Å²) in [5, 5.41) is 13.7. The van der Waals surface area contributed by atoms with Crippen LogP contribution in [0.4, 0.5) is 10.5 Å². The van der Waals surface area contributed by atoms with Gasteiger partial charge in [-0.05, 0) is 79.3 Å². The molecule has 1 radical (unpaired) electrons. The van der Waals surface area contributed by atoms with Crippen LogP contribution in [0.25, 0.3) is 0 Å². The van der Waals surface area contributed by atoms with Crippen molar-refractivity contribution >= 4 is 68.1 Å². The van der Waals surface area contributed by atoms with Gasteiger partial charge < -0.3 is 39.8 Å². The minimum atomic E-state index is -4.15. The Morgan fingerprint density at radius 1 is 0.981 bits per heavy atom. The Labute approximate surface area is 316 Å². The topological polar surface area (TPSA) is 202 Å². The molecule has 1 aliphatic rings. The number of likely N-dealkylation sites (tertiary alicyclic amines) is 1. The van der Waals surface area contributed by atoms with Gasteiger partial charge in [-0.2, -0.15) is 12.6 Å². The van der Waals surface area contributed by atoms with E-state index < -0.39 is 48.3 Å². The van der Waals surface area contributed by atoms with Crippen LogP contribution >= 0.6 is 21.4 Å². The predicted molar refractivity (Wildman–Crippen MR) is 206 cm³/mol. The van der Waals surface area contributed by atoms with Gasteiger partial charge in [0.25, 0.3) is 17.5 Å². The standard InChI is InChI=1S/C34H42BN5O10PS2/c1-48-29-13-12-23(17-30(29)49-2)7-3-6-22-8-4-11-26(16-22)50-21-31(41)36-14-15-53(46,47)38-32(42)24-9-5-10-25(18-24)37-33(43)28-19-27(52)20-40(28)34(44)51-39-35-45/h4-5,8-13,16-18,27-28,39,45,51-52H,3,6-7,14-15,19-21H2,1-2H3,(H,36,41)(H,37,43)(H,38,42)/t27-,28-/m0/s1. The number of amides is 4. The first-order valence-corrected chi connectivity index (χ1v) is 19.7. The highest BCUT2D eigenvalue weighted by Gasteiger charge is 2.38. The van der Waals surface area contributed by atoms with Gasteiger partial charge in [0.05, 0.1) is 20.0 Å². The van der Waals surface area contributed by atoms with Crippen molar-refractivity contribution in [3.8, 4) is 17.2 Å². The van der Waals surface area contributed by atoms with Crippen LogP contribution in [0.15, 0.2) is 66.7 Å². The molecule has 4 rings (SSSR count). The summed E-state index contributed by atoms with van der Waals surface area (Å²) in [5.41, 5.74) is 1.94. The fraction of sp³-hybridized carbons (Fsp3) is 0.353. The molecule has 53 heavy (non-hydrogen) atoms. The minimum absolute atomic E-state index is 0.0393. The highest BCUT2D eigenvalue weighted by Crippen LogP contribution is 2.29. The molecule has 1 unspecified atom stereocenters. The van der Waals surface area contributed by atoms with Crippen LogP contribution in [0.2, 0.25) is 0 Å². The summed E-state index contributed by atoms with van der Waals surface area (Å²) >= 11 is 4.40. The molecule has 3 atom stereocenters. The molecule has 0 aromatic heterocycles. The van der Waals surface area contributed by atoms with Gasteiger partial charge in [0, 0.05) is 38.3 Å². The van der Waals surface area contributed by atoms with Crippen molar-refractivity contribution in [3.63, 3.8) is 0 Å². The second-order valence-electron chi connectivity index (χ2n) is 11.9. The summed E-state index contributed by atoms with van der Waals surface area (Å²) in [7, 11) is -0.783. The quantitative estimate of drug-likeness (QED) is 0.0592. The van der Waals surface area contributed by atoms with E-state index in [0.717, 1.165) is 30.4 Å². The summed E-state index contributed by atoms with van der Waals surface area (Å²) in [6, 6.07) is 18.0. The van der Waals surface area contributed by atoms with Gasteiger partial charge in [0.15, 0.2) is 18.1 Å². The molecular formula is C34H42BN5O10PS2. The summed E-state index contributed by atoms with van der Waals surface area (Å²) in [4.78, 5) is 54.5. The molecule has 1 saturated heterocycles. The minimum Gasteiger partial charge on any atom is -0.493 e. The number of rotatable bonds is 19. The lowest BCUT2D eigenvalue weighted by atomic mass is 10.0. The highest BCUT2D eigenvalue weighted by atomic mass is 32.2. The summed E-state index contributed by atoms with van der Waals surface area (Å²) in [5.74, 6) is -0.701. The van der Waals surface area contributed by atoms with Crippen LogP contribution in [0.1, 0.15) is 34.3 Å². The van der Waals surface area contributed by atoms with Gasteiger partial charge in [0.1, 0.15) is 11.8 Å². The Hall–Kier alpha value is -4.35. The smallest absolute Gasteiger partial charge is 0.397 e. The average Bonchev–Trinajstić information content (AvgIpc) is 3.54. The third kappa shape index (κ3) is 12.9. The molecule has 0 spiro atoms. The van der Waals surface area contributed by atoms with Crippen LogP contribution in [-0.4, -0.2) is 100 Å². The van der Waals surface area contributed by atoms with Gasteiger partial charge in [-0.3, -0.25) is 19.2 Å². The Kier molecular flexibility index (Phi) is 15.8. The predicted octanol–water partition coefficient (Wildman–Crippen LogP) is 2.27. The van der Waals surface area contributed by atoms with Crippen molar-refractivity contribution in [2.24, 2.45) is 0 Å². The number of sulfonamides is 1. The summed E-state index contributed by atoms with van der Waals surface area (Å²) in [6.45, 7) is -0.363. The van der Waals surface area contributed by atoms with Gasteiger partial charge in [-0.15, -0.1) is 0 Å². The maximum atomic E-state index is 13.0. The molecule has 0 saturated carbocycles. The number of aryl methyl sites for hydroxylation is 2. The van der Waals surface area contributed by atoms with E-state index >= 15 is 0 Å². The molecule has 15 nitrogen and oxygen atoms in total. The average molecular weight is 787 g/mol. The maximum absolute atomic E-state index is 13.0. The van der Waals surface area contributed by atoms with E-state index in [9.17, 15) is 27.6 Å². The molecule has 1 fully saturated rings. The van der Waals surface area contributed by atoms with E-state index in [4.69, 9.17) is 19.2 Å². The Morgan fingerprint density at radius 2 is 1.72 bits per heavy atom. The van der Waals surface area contributed by atoms with E-state index in [1.165, 1.54) is 29.2 Å². The molecule has 283 valence electrons. The fourth-order valence-corrected chi connectivity index (χ4v) is 7.34. The van der Waals surface area contributed by atoms with Gasteiger partial charge in [-0.1, -0.05) is 24.3 Å². The molecule has 1 heterocycles. The summed E-state index contributed by atoms with van der Waals surface area (Å²) in [6.07, 6.45) is 2.78. The van der Waals surface area contributed by atoms with E-state index in [1.807, 2.05) is 41.1 Å². The zero-order chi connectivity index (χ0) is 38.4. The normalized spacial score (nSPS) is 15.5. The zero-order valence-corrected chi connectivity index (χ0v) is 31.9. The first-order chi connectivity index (χ1) is 25.4. The molecular weight excluding hydrogens is 744 g/mol.